The molecule has 2 nitrogen and oxygen atoms in total. The van der Waals surface area contributed by atoms with E-state index in [4.69, 9.17) is 0 Å². The topological polar surface area (TPSA) is 32.3 Å². The van der Waals surface area contributed by atoms with Gasteiger partial charge in [0.1, 0.15) is 11.6 Å². The number of rotatable bonds is 4. The lowest BCUT2D eigenvalue weighted by Gasteiger charge is -2.19. The molecule has 0 amide bonds. The zero-order valence-corrected chi connectivity index (χ0v) is 11.5. The van der Waals surface area contributed by atoms with Gasteiger partial charge in [0.2, 0.25) is 0 Å². The van der Waals surface area contributed by atoms with Crippen molar-refractivity contribution >= 4 is 15.9 Å². The van der Waals surface area contributed by atoms with Crippen molar-refractivity contribution in [1.82, 2.24) is 5.32 Å². The van der Waals surface area contributed by atoms with Crippen molar-refractivity contribution < 1.29 is 13.9 Å². The Balaban J connectivity index is 2.04. The van der Waals surface area contributed by atoms with E-state index < -0.39 is 11.6 Å². The smallest absolute Gasteiger partial charge is 0.144 e. The molecule has 2 atom stereocenters. The molecule has 1 aliphatic rings. The zero-order chi connectivity index (χ0) is 13.1. The molecular weight excluding hydrogens is 304 g/mol. The van der Waals surface area contributed by atoms with Gasteiger partial charge in [-0.15, -0.1) is 0 Å². The van der Waals surface area contributed by atoms with Gasteiger partial charge in [-0.2, -0.15) is 0 Å². The van der Waals surface area contributed by atoms with Gasteiger partial charge < -0.3 is 10.4 Å². The highest BCUT2D eigenvalue weighted by Gasteiger charge is 2.26. The van der Waals surface area contributed by atoms with Crippen molar-refractivity contribution in [3.8, 4) is 0 Å². The van der Waals surface area contributed by atoms with Crippen LogP contribution in [0.25, 0.3) is 0 Å². The van der Waals surface area contributed by atoms with Gasteiger partial charge in [0.25, 0.3) is 0 Å². The molecule has 0 spiro atoms. The predicted molar refractivity (Wildman–Crippen MR) is 69.1 cm³/mol. The van der Waals surface area contributed by atoms with E-state index in [0.29, 0.717) is 0 Å². The molecule has 1 aromatic rings. The van der Waals surface area contributed by atoms with Crippen molar-refractivity contribution in [3.05, 3.63) is 33.8 Å². The normalized spacial score (nSPS) is 23.6. The fraction of sp³-hybridized carbons (Fsp3) is 0.538. The highest BCUT2D eigenvalue weighted by molar-refractivity contribution is 9.10. The quantitative estimate of drug-likeness (QED) is 0.836. The summed E-state index contributed by atoms with van der Waals surface area (Å²) in [6.45, 7) is 0.277. The van der Waals surface area contributed by atoms with Crippen LogP contribution in [-0.2, 0) is 6.54 Å². The molecule has 0 heterocycles. The Labute approximate surface area is 114 Å². The van der Waals surface area contributed by atoms with Gasteiger partial charge in [-0.25, -0.2) is 8.78 Å². The van der Waals surface area contributed by atoms with Gasteiger partial charge in [-0.3, -0.25) is 0 Å². The number of halogens is 3. The van der Waals surface area contributed by atoms with Gasteiger partial charge in [0.05, 0.1) is 4.47 Å². The summed E-state index contributed by atoms with van der Waals surface area (Å²) in [5.74, 6) is -0.897. The molecule has 5 heteroatoms. The van der Waals surface area contributed by atoms with Crippen LogP contribution in [0.3, 0.4) is 0 Å². The first-order chi connectivity index (χ1) is 8.63. The third-order valence-electron chi connectivity index (χ3n) is 3.57. The zero-order valence-electron chi connectivity index (χ0n) is 9.93. The Kier molecular flexibility index (Phi) is 4.70. The lowest BCUT2D eigenvalue weighted by atomic mass is 10.0. The van der Waals surface area contributed by atoms with Crippen molar-refractivity contribution in [2.24, 2.45) is 5.92 Å². The molecule has 0 radical (unpaired) electrons. The second-order valence-corrected chi connectivity index (χ2v) is 5.54. The summed E-state index contributed by atoms with van der Waals surface area (Å²) in [5, 5.41) is 12.3. The molecule has 2 rings (SSSR count). The van der Waals surface area contributed by atoms with E-state index in [1.165, 1.54) is 12.1 Å². The van der Waals surface area contributed by atoms with Crippen LogP contribution in [0, 0.1) is 17.6 Å². The molecule has 0 aromatic heterocycles. The van der Waals surface area contributed by atoms with Crippen molar-refractivity contribution in [1.29, 1.82) is 0 Å². The second kappa shape index (κ2) is 6.08. The van der Waals surface area contributed by atoms with Crippen LogP contribution in [-0.4, -0.2) is 17.8 Å². The highest BCUT2D eigenvalue weighted by atomic mass is 79.9. The second-order valence-electron chi connectivity index (χ2n) is 4.68. The first kappa shape index (κ1) is 13.9. The van der Waals surface area contributed by atoms with E-state index >= 15 is 0 Å². The molecule has 0 saturated heterocycles. The molecule has 1 aromatic carbocycles. The molecule has 100 valence electrons. The summed E-state index contributed by atoms with van der Waals surface area (Å²) in [5.41, 5.74) is 0.0490. The van der Waals surface area contributed by atoms with Gasteiger partial charge in [0, 0.05) is 24.8 Å². The maximum absolute atomic E-state index is 13.7. The molecule has 2 N–H and O–H groups in total. The molecule has 18 heavy (non-hydrogen) atoms. The Hall–Kier alpha value is -0.520. The summed E-state index contributed by atoms with van der Waals surface area (Å²) < 4.78 is 27.5. The van der Waals surface area contributed by atoms with E-state index in [9.17, 15) is 13.9 Å². The summed E-state index contributed by atoms with van der Waals surface area (Å²) in [4.78, 5) is 0. The number of aliphatic hydroxyl groups excluding tert-OH is 1. The fourth-order valence-corrected chi connectivity index (χ4v) is 2.86. The number of hydrogen-bond donors (Lipinski definition) is 2. The number of nitrogens with one attached hydrogen (secondary N) is 1. The van der Waals surface area contributed by atoms with Crippen molar-refractivity contribution in [3.63, 3.8) is 0 Å². The number of hydrogen-bond acceptors (Lipinski definition) is 2. The maximum Gasteiger partial charge on any atom is 0.144 e. The number of aliphatic hydroxyl groups is 1. The Morgan fingerprint density at radius 1 is 1.33 bits per heavy atom. The maximum atomic E-state index is 13.7. The van der Waals surface area contributed by atoms with Crippen LogP contribution in [0.4, 0.5) is 8.78 Å². The van der Waals surface area contributed by atoms with Crippen molar-refractivity contribution in [2.75, 3.05) is 6.61 Å². The number of benzene rings is 1. The fourth-order valence-electron chi connectivity index (χ4n) is 2.49. The Morgan fingerprint density at radius 2 is 2.11 bits per heavy atom. The van der Waals surface area contributed by atoms with Crippen LogP contribution in [0.15, 0.2) is 16.6 Å². The third kappa shape index (κ3) is 2.90. The minimum Gasteiger partial charge on any atom is -0.396 e. The first-order valence-electron chi connectivity index (χ1n) is 6.10. The lowest BCUT2D eigenvalue weighted by molar-refractivity contribution is 0.204. The molecule has 0 aliphatic heterocycles. The summed E-state index contributed by atoms with van der Waals surface area (Å²) in [7, 11) is 0. The van der Waals surface area contributed by atoms with Gasteiger partial charge in [-0.05, 0) is 46.8 Å². The molecule has 0 bridgehead atoms. The van der Waals surface area contributed by atoms with Crippen LogP contribution in [0.5, 0.6) is 0 Å². The van der Waals surface area contributed by atoms with E-state index in [-0.39, 0.29) is 35.1 Å². The minimum atomic E-state index is -0.555. The first-order valence-corrected chi connectivity index (χ1v) is 6.89. The summed E-state index contributed by atoms with van der Waals surface area (Å²) in [6.07, 6.45) is 2.96. The molecule has 2 unspecified atom stereocenters. The van der Waals surface area contributed by atoms with Crippen LogP contribution in [0.1, 0.15) is 24.8 Å². The summed E-state index contributed by atoms with van der Waals surface area (Å²) in [6, 6.07) is 2.76. The minimum absolute atomic E-state index is 0.0490. The Morgan fingerprint density at radius 3 is 2.83 bits per heavy atom. The predicted octanol–water partition coefficient (Wildman–Crippen LogP) is 2.98. The highest BCUT2D eigenvalue weighted by Crippen LogP contribution is 2.26. The lowest BCUT2D eigenvalue weighted by Crippen LogP contribution is -2.34. The van der Waals surface area contributed by atoms with Crippen molar-refractivity contribution in [2.45, 2.75) is 31.8 Å². The van der Waals surface area contributed by atoms with Gasteiger partial charge >= 0.3 is 0 Å². The van der Waals surface area contributed by atoms with E-state index in [1.54, 1.807) is 0 Å². The van der Waals surface area contributed by atoms with Crippen LogP contribution in [0.2, 0.25) is 0 Å². The molecule has 1 saturated carbocycles. The standard InChI is InChI=1S/C13H16BrF2NO/c14-10-4-5-11(15)9(13(10)16)6-17-12-3-1-2-8(12)7-18/h4-5,8,12,17-18H,1-3,6-7H2. The average molecular weight is 320 g/mol. The molecular formula is C13H16BrF2NO. The van der Waals surface area contributed by atoms with Crippen LogP contribution < -0.4 is 5.32 Å². The molecule has 1 fully saturated rings. The Bertz CT molecular complexity index is 428. The van der Waals surface area contributed by atoms with E-state index in [2.05, 4.69) is 21.2 Å². The van der Waals surface area contributed by atoms with E-state index in [0.717, 1.165) is 19.3 Å². The SMILES string of the molecule is OCC1CCCC1NCc1c(F)ccc(Br)c1F. The molecule has 1 aliphatic carbocycles. The van der Waals surface area contributed by atoms with E-state index in [1.807, 2.05) is 0 Å². The van der Waals surface area contributed by atoms with Gasteiger partial charge in [0.15, 0.2) is 0 Å². The third-order valence-corrected chi connectivity index (χ3v) is 4.19. The summed E-state index contributed by atoms with van der Waals surface area (Å²) >= 11 is 3.05. The monoisotopic (exact) mass is 319 g/mol. The van der Waals surface area contributed by atoms with Gasteiger partial charge in [-0.1, -0.05) is 6.42 Å². The van der Waals surface area contributed by atoms with Crippen LogP contribution >= 0.6 is 15.9 Å². The largest absolute Gasteiger partial charge is 0.396 e. The average Bonchev–Trinajstić information content (AvgIpc) is 2.81.